The molecule has 2 unspecified atom stereocenters. The molecule has 1 aromatic rings. The molecule has 1 aromatic heterocycles. The average Bonchev–Trinajstić information content (AvgIpc) is 2.45. The minimum atomic E-state index is 0.266. The van der Waals surface area contributed by atoms with Crippen molar-refractivity contribution in [1.29, 1.82) is 5.26 Å². The number of aromatic nitrogens is 1. The van der Waals surface area contributed by atoms with Crippen molar-refractivity contribution in [3.05, 3.63) is 29.6 Å². The van der Waals surface area contributed by atoms with Crippen molar-refractivity contribution in [2.45, 2.75) is 44.5 Å². The third kappa shape index (κ3) is 3.52. The lowest BCUT2D eigenvalue weighted by atomic mass is 9.95. The first kappa shape index (κ1) is 13.0. The molecule has 0 spiro atoms. The average molecular weight is 246 g/mol. The molecule has 4 nitrogen and oxygen atoms in total. The van der Waals surface area contributed by atoms with Gasteiger partial charge in [0.2, 0.25) is 0 Å². The highest BCUT2D eigenvalue weighted by atomic mass is 16.5. The zero-order chi connectivity index (χ0) is 12.8. The highest BCUT2D eigenvalue weighted by Gasteiger charge is 2.22. The maximum Gasteiger partial charge on any atom is 0.140 e. The quantitative estimate of drug-likeness (QED) is 0.818. The summed E-state index contributed by atoms with van der Waals surface area (Å²) in [4.78, 5) is 3.94. The molecular weight excluding hydrogens is 228 g/mol. The molecule has 1 aliphatic carbocycles. The van der Waals surface area contributed by atoms with Crippen molar-refractivity contribution in [3.63, 3.8) is 0 Å². The molecule has 2 atom stereocenters. The van der Waals surface area contributed by atoms with Crippen LogP contribution >= 0.6 is 0 Å². The minimum Gasteiger partial charge on any atom is -0.381 e. The second kappa shape index (κ2) is 6.48. The van der Waals surface area contributed by atoms with Crippen molar-refractivity contribution in [2.24, 2.45) is 0 Å². The second-order valence-electron chi connectivity index (χ2n) is 4.62. The zero-order valence-corrected chi connectivity index (χ0v) is 10.6. The van der Waals surface area contributed by atoms with E-state index in [1.165, 1.54) is 0 Å². The van der Waals surface area contributed by atoms with Crippen LogP contribution in [0.5, 0.6) is 0 Å². The maximum absolute atomic E-state index is 8.78. The molecule has 0 saturated heterocycles. The molecule has 1 saturated carbocycles. The normalized spacial score (nSPS) is 23.6. The predicted molar refractivity (Wildman–Crippen MR) is 66.8 cm³/mol. The lowest BCUT2D eigenvalue weighted by Crippen LogP contribution is -2.27. The SMILES string of the molecule is COC1CCCC(OCc2ccnc(C#N)c2)C1. The van der Waals surface area contributed by atoms with Gasteiger partial charge in [0.05, 0.1) is 18.8 Å². The first-order valence-corrected chi connectivity index (χ1v) is 6.31. The summed E-state index contributed by atoms with van der Waals surface area (Å²) in [5.74, 6) is 0. The van der Waals surface area contributed by atoms with Crippen LogP contribution in [0.4, 0.5) is 0 Å². The van der Waals surface area contributed by atoms with E-state index in [4.69, 9.17) is 14.7 Å². The first-order valence-electron chi connectivity index (χ1n) is 6.31. The molecule has 2 rings (SSSR count). The van der Waals surface area contributed by atoms with Crippen LogP contribution < -0.4 is 0 Å². The summed E-state index contributed by atoms with van der Waals surface area (Å²) in [6, 6.07) is 5.70. The van der Waals surface area contributed by atoms with Crippen LogP contribution in [0.15, 0.2) is 18.3 Å². The Morgan fingerprint density at radius 1 is 1.44 bits per heavy atom. The van der Waals surface area contributed by atoms with Gasteiger partial charge in [-0.15, -0.1) is 0 Å². The molecule has 96 valence electrons. The highest BCUT2D eigenvalue weighted by Crippen LogP contribution is 2.23. The van der Waals surface area contributed by atoms with Crippen LogP contribution in [0, 0.1) is 11.3 Å². The first-order chi connectivity index (χ1) is 8.81. The molecule has 18 heavy (non-hydrogen) atoms. The van der Waals surface area contributed by atoms with Crippen LogP contribution in [0.2, 0.25) is 0 Å². The van der Waals surface area contributed by atoms with Crippen LogP contribution in [0.3, 0.4) is 0 Å². The predicted octanol–water partition coefficient (Wildman–Crippen LogP) is 2.43. The minimum absolute atomic E-state index is 0.266. The van der Waals surface area contributed by atoms with Crippen molar-refractivity contribution in [3.8, 4) is 6.07 Å². The van der Waals surface area contributed by atoms with Gasteiger partial charge in [-0.3, -0.25) is 0 Å². The molecule has 0 bridgehead atoms. The number of methoxy groups -OCH3 is 1. The van der Waals surface area contributed by atoms with Crippen molar-refractivity contribution >= 4 is 0 Å². The number of rotatable bonds is 4. The second-order valence-corrected chi connectivity index (χ2v) is 4.62. The van der Waals surface area contributed by atoms with E-state index >= 15 is 0 Å². The Bertz CT molecular complexity index is 428. The Morgan fingerprint density at radius 3 is 3.06 bits per heavy atom. The van der Waals surface area contributed by atoms with Gasteiger partial charge in [-0.25, -0.2) is 4.98 Å². The molecule has 0 N–H and O–H groups in total. The number of nitriles is 1. The summed E-state index contributed by atoms with van der Waals surface area (Å²) in [7, 11) is 1.76. The fourth-order valence-corrected chi connectivity index (χ4v) is 2.31. The van der Waals surface area contributed by atoms with Gasteiger partial charge in [0.15, 0.2) is 0 Å². The molecule has 1 heterocycles. The van der Waals surface area contributed by atoms with Gasteiger partial charge in [-0.05, 0) is 43.4 Å². The topological polar surface area (TPSA) is 55.1 Å². The summed E-state index contributed by atoms with van der Waals surface area (Å²) in [6.07, 6.45) is 6.59. The van der Waals surface area contributed by atoms with E-state index in [0.29, 0.717) is 18.4 Å². The lowest BCUT2D eigenvalue weighted by Gasteiger charge is -2.28. The van der Waals surface area contributed by atoms with Gasteiger partial charge in [0, 0.05) is 13.3 Å². The van der Waals surface area contributed by atoms with Crippen LogP contribution in [-0.4, -0.2) is 24.3 Å². The number of nitrogens with zero attached hydrogens (tertiary/aromatic N) is 2. The Kier molecular flexibility index (Phi) is 4.68. The number of hydrogen-bond acceptors (Lipinski definition) is 4. The van der Waals surface area contributed by atoms with E-state index in [9.17, 15) is 0 Å². The zero-order valence-electron chi connectivity index (χ0n) is 10.6. The molecule has 0 radical (unpaired) electrons. The maximum atomic E-state index is 8.78. The number of ether oxygens (including phenoxy) is 2. The van der Waals surface area contributed by atoms with Crippen LogP contribution in [0.25, 0.3) is 0 Å². The van der Waals surface area contributed by atoms with Gasteiger partial charge in [0.25, 0.3) is 0 Å². The van der Waals surface area contributed by atoms with Crippen LogP contribution in [0.1, 0.15) is 36.9 Å². The molecule has 1 aliphatic rings. The summed E-state index contributed by atoms with van der Waals surface area (Å²) in [5.41, 5.74) is 1.44. The van der Waals surface area contributed by atoms with E-state index in [0.717, 1.165) is 31.2 Å². The fraction of sp³-hybridized carbons (Fsp3) is 0.571. The van der Waals surface area contributed by atoms with Gasteiger partial charge in [-0.1, -0.05) is 0 Å². The third-order valence-corrected chi connectivity index (χ3v) is 3.34. The number of hydrogen-bond donors (Lipinski definition) is 0. The number of pyridine rings is 1. The van der Waals surface area contributed by atoms with Gasteiger partial charge in [0.1, 0.15) is 11.8 Å². The molecule has 1 fully saturated rings. The molecule has 0 aliphatic heterocycles. The Morgan fingerprint density at radius 2 is 2.28 bits per heavy atom. The van der Waals surface area contributed by atoms with Gasteiger partial charge in [-0.2, -0.15) is 5.26 Å². The summed E-state index contributed by atoms with van der Waals surface area (Å²) in [5, 5.41) is 8.78. The summed E-state index contributed by atoms with van der Waals surface area (Å²) < 4.78 is 11.3. The van der Waals surface area contributed by atoms with Gasteiger partial charge >= 0.3 is 0 Å². The van der Waals surface area contributed by atoms with Crippen molar-refractivity contribution < 1.29 is 9.47 Å². The fourth-order valence-electron chi connectivity index (χ4n) is 2.31. The molecule has 0 aromatic carbocycles. The molecule has 4 heteroatoms. The van der Waals surface area contributed by atoms with Crippen molar-refractivity contribution in [2.75, 3.05) is 7.11 Å². The summed E-state index contributed by atoms with van der Waals surface area (Å²) >= 11 is 0. The standard InChI is InChI=1S/C14H18N2O2/c1-17-13-3-2-4-14(8-13)18-10-11-5-6-16-12(7-11)9-15/h5-7,13-14H,2-4,8,10H2,1H3. The van der Waals surface area contributed by atoms with E-state index < -0.39 is 0 Å². The monoisotopic (exact) mass is 246 g/mol. The third-order valence-electron chi connectivity index (χ3n) is 3.34. The highest BCUT2D eigenvalue weighted by molar-refractivity contribution is 5.24. The van der Waals surface area contributed by atoms with E-state index in [-0.39, 0.29) is 6.10 Å². The Balaban J connectivity index is 1.85. The van der Waals surface area contributed by atoms with Crippen molar-refractivity contribution in [1.82, 2.24) is 4.98 Å². The Hall–Kier alpha value is -1.44. The molecule has 0 amide bonds. The smallest absolute Gasteiger partial charge is 0.140 e. The van der Waals surface area contributed by atoms with Crippen LogP contribution in [-0.2, 0) is 16.1 Å². The largest absolute Gasteiger partial charge is 0.381 e. The van der Waals surface area contributed by atoms with E-state index in [2.05, 4.69) is 4.98 Å². The van der Waals surface area contributed by atoms with E-state index in [1.54, 1.807) is 19.4 Å². The van der Waals surface area contributed by atoms with E-state index in [1.807, 2.05) is 12.1 Å². The lowest BCUT2D eigenvalue weighted by molar-refractivity contribution is -0.0363. The van der Waals surface area contributed by atoms with Gasteiger partial charge < -0.3 is 9.47 Å². The Labute approximate surface area is 108 Å². The summed E-state index contributed by atoms with van der Waals surface area (Å²) in [6.45, 7) is 0.540. The molecular formula is C14H18N2O2.